The Bertz CT molecular complexity index is 1980. The Labute approximate surface area is 250 Å². The minimum atomic E-state index is -0.0989. The zero-order chi connectivity index (χ0) is 26.3. The first-order valence-corrected chi connectivity index (χ1v) is 13.7. The number of imidazole rings is 1. The molecule has 6 heteroatoms. The van der Waals surface area contributed by atoms with E-state index in [0.717, 1.165) is 48.6 Å². The van der Waals surface area contributed by atoms with E-state index in [9.17, 15) is 4.79 Å². The number of furan rings is 1. The molecule has 0 fully saturated rings. The molecule has 0 aliphatic carbocycles. The molecule has 4 nitrogen and oxygen atoms in total. The van der Waals surface area contributed by atoms with Gasteiger partial charge in [0.15, 0.2) is 23.6 Å². The minimum Gasteiger partial charge on any atom is -1.00 e. The predicted molar refractivity (Wildman–Crippen MR) is 158 cm³/mol. The summed E-state index contributed by atoms with van der Waals surface area (Å²) in [7, 11) is 0. The highest BCUT2D eigenvalue weighted by Gasteiger charge is 2.28. The van der Waals surface area contributed by atoms with Gasteiger partial charge in [0.1, 0.15) is 11.2 Å². The Kier molecular flexibility index (Phi) is 7.13. The molecular weight excluding hydrogens is 628 g/mol. The Morgan fingerprint density at radius 1 is 0.750 bits per heavy atom. The van der Waals surface area contributed by atoms with Crippen molar-refractivity contribution in [2.45, 2.75) is 12.6 Å². The van der Waals surface area contributed by atoms with Crippen LogP contribution in [0, 0.1) is 0 Å². The number of para-hydroxylation sites is 3. The molecule has 7 rings (SSSR count). The zero-order valence-corrected chi connectivity index (χ0v) is 24.5. The molecule has 196 valence electrons. The highest BCUT2D eigenvalue weighted by Crippen LogP contribution is 2.35. The molecule has 2 heterocycles. The van der Waals surface area contributed by atoms with E-state index >= 15 is 0 Å². The van der Waals surface area contributed by atoms with Gasteiger partial charge in [-0.1, -0.05) is 94.8 Å². The summed E-state index contributed by atoms with van der Waals surface area (Å²) < 4.78 is 11.4. The van der Waals surface area contributed by atoms with Crippen LogP contribution in [0.25, 0.3) is 33.0 Å². The summed E-state index contributed by atoms with van der Waals surface area (Å²) in [5.41, 5.74) is 6.84. The standard InChI is InChI=1S/C34H24BrN2O2.BrH/c35-26-17-14-23(15-18-26)31(38)21-36-22-37(30-12-6-5-11-29(30)36)34(24-8-2-1-3-9-24)25-16-19-33-28(20-25)27-10-4-7-13-32(27)39-33;/h1-20,22,34H,21H2;1H/q+1;/p-1. The van der Waals surface area contributed by atoms with E-state index in [1.165, 1.54) is 0 Å². The van der Waals surface area contributed by atoms with Crippen LogP contribution in [0.3, 0.4) is 0 Å². The first kappa shape index (κ1) is 26.2. The number of carbonyl (C=O) groups excluding carboxylic acids is 1. The number of benzene rings is 5. The van der Waals surface area contributed by atoms with Crippen LogP contribution in [0.15, 0.2) is 137 Å². The number of aromatic nitrogens is 2. The second kappa shape index (κ2) is 10.9. The lowest BCUT2D eigenvalue weighted by molar-refractivity contribution is -0.658. The van der Waals surface area contributed by atoms with Crippen LogP contribution in [0.1, 0.15) is 27.5 Å². The maximum Gasteiger partial charge on any atom is 0.245 e. The van der Waals surface area contributed by atoms with Crippen LogP contribution in [0.4, 0.5) is 0 Å². The first-order valence-electron chi connectivity index (χ1n) is 12.9. The van der Waals surface area contributed by atoms with E-state index in [-0.39, 0.29) is 35.4 Å². The number of nitrogens with zero attached hydrogens (tertiary/aromatic N) is 2. The van der Waals surface area contributed by atoms with Crippen LogP contribution >= 0.6 is 15.9 Å². The number of fused-ring (bicyclic) bond motifs is 4. The molecule has 0 N–H and O–H groups in total. The molecule has 0 saturated carbocycles. The molecule has 0 spiro atoms. The van der Waals surface area contributed by atoms with E-state index < -0.39 is 0 Å². The summed E-state index contributed by atoms with van der Waals surface area (Å²) >= 11 is 3.46. The maximum absolute atomic E-state index is 13.3. The van der Waals surface area contributed by atoms with Crippen molar-refractivity contribution in [3.63, 3.8) is 0 Å². The fourth-order valence-corrected chi connectivity index (χ4v) is 5.74. The average Bonchev–Trinajstić information content (AvgIpc) is 3.52. The molecule has 0 saturated heterocycles. The number of rotatable bonds is 6. The van der Waals surface area contributed by atoms with Gasteiger partial charge in [-0.2, -0.15) is 0 Å². The van der Waals surface area contributed by atoms with E-state index in [1.807, 2.05) is 54.6 Å². The molecule has 1 unspecified atom stereocenters. The lowest BCUT2D eigenvalue weighted by atomic mass is 9.96. The molecule has 2 aromatic heterocycles. The van der Waals surface area contributed by atoms with Crippen LogP contribution in [-0.2, 0) is 6.54 Å². The molecular formula is C34H24Br2N2O2. The van der Waals surface area contributed by atoms with Gasteiger partial charge < -0.3 is 21.4 Å². The van der Waals surface area contributed by atoms with Gasteiger partial charge in [-0.05, 0) is 42.5 Å². The molecule has 1 atom stereocenters. The van der Waals surface area contributed by atoms with E-state index in [1.54, 1.807) is 0 Å². The molecule has 40 heavy (non-hydrogen) atoms. The molecule has 0 amide bonds. The molecule has 0 radical (unpaired) electrons. The molecule has 0 aliphatic heterocycles. The quantitative estimate of drug-likeness (QED) is 0.185. The number of hydrogen-bond donors (Lipinski definition) is 0. The number of carbonyl (C=O) groups is 1. The first-order chi connectivity index (χ1) is 19.2. The number of halogens is 2. The second-order valence-electron chi connectivity index (χ2n) is 9.74. The smallest absolute Gasteiger partial charge is 0.245 e. The number of ketones is 1. The lowest BCUT2D eigenvalue weighted by Gasteiger charge is -2.16. The molecule has 0 aliphatic rings. The third-order valence-electron chi connectivity index (χ3n) is 7.32. The van der Waals surface area contributed by atoms with Crippen molar-refractivity contribution in [2.75, 3.05) is 0 Å². The van der Waals surface area contributed by atoms with E-state index in [2.05, 4.69) is 98.1 Å². The maximum atomic E-state index is 13.3. The summed E-state index contributed by atoms with van der Waals surface area (Å²) in [6.45, 7) is 0.252. The second-order valence-corrected chi connectivity index (χ2v) is 10.7. The van der Waals surface area contributed by atoms with E-state index in [4.69, 9.17) is 4.42 Å². The largest absolute Gasteiger partial charge is 1.00 e. The number of Topliss-reactive ketones (excluding diaryl/α,β-unsaturated/α-hetero) is 1. The van der Waals surface area contributed by atoms with Crippen molar-refractivity contribution in [1.29, 1.82) is 0 Å². The van der Waals surface area contributed by atoms with Crippen molar-refractivity contribution in [3.8, 4) is 0 Å². The van der Waals surface area contributed by atoms with Crippen molar-refractivity contribution < 1.29 is 30.8 Å². The highest BCUT2D eigenvalue weighted by atomic mass is 79.9. The third kappa shape index (κ3) is 4.67. The van der Waals surface area contributed by atoms with Gasteiger partial charge in [-0.15, -0.1) is 0 Å². The normalized spacial score (nSPS) is 12.0. The van der Waals surface area contributed by atoms with Gasteiger partial charge in [0, 0.05) is 31.9 Å². The Hall–Kier alpha value is -4.00. The summed E-state index contributed by atoms with van der Waals surface area (Å²) in [4.78, 5) is 13.3. The van der Waals surface area contributed by atoms with Gasteiger partial charge in [-0.25, -0.2) is 9.13 Å². The Morgan fingerprint density at radius 2 is 1.45 bits per heavy atom. The van der Waals surface area contributed by atoms with Crippen LogP contribution in [-0.4, -0.2) is 10.4 Å². The summed E-state index contributed by atoms with van der Waals surface area (Å²) in [5.74, 6) is 0.0675. The van der Waals surface area contributed by atoms with E-state index in [0.29, 0.717) is 5.56 Å². The number of hydrogen-bond acceptors (Lipinski definition) is 2. The van der Waals surface area contributed by atoms with Gasteiger partial charge >= 0.3 is 0 Å². The zero-order valence-electron chi connectivity index (χ0n) is 21.4. The minimum absolute atomic E-state index is 0. The topological polar surface area (TPSA) is 39.0 Å². The van der Waals surface area contributed by atoms with Gasteiger partial charge in [0.05, 0.1) is 0 Å². The van der Waals surface area contributed by atoms with Gasteiger partial charge in [0.25, 0.3) is 0 Å². The van der Waals surface area contributed by atoms with Gasteiger partial charge in [0.2, 0.25) is 12.1 Å². The highest BCUT2D eigenvalue weighted by molar-refractivity contribution is 9.10. The van der Waals surface area contributed by atoms with Crippen LogP contribution in [0.5, 0.6) is 0 Å². The lowest BCUT2D eigenvalue weighted by Crippen LogP contribution is -3.00. The summed E-state index contributed by atoms with van der Waals surface area (Å²) in [5, 5.41) is 2.20. The predicted octanol–water partition coefficient (Wildman–Crippen LogP) is 5.12. The molecule has 5 aromatic carbocycles. The fourth-order valence-electron chi connectivity index (χ4n) is 5.48. The summed E-state index contributed by atoms with van der Waals surface area (Å²) in [6.07, 6.45) is 2.08. The van der Waals surface area contributed by atoms with Crippen molar-refractivity contribution in [1.82, 2.24) is 4.57 Å². The van der Waals surface area contributed by atoms with Crippen molar-refractivity contribution in [3.05, 3.63) is 149 Å². The Morgan fingerprint density at radius 3 is 2.27 bits per heavy atom. The average molecular weight is 652 g/mol. The molecule has 0 bridgehead atoms. The fraction of sp³-hybridized carbons (Fsp3) is 0.0588. The van der Waals surface area contributed by atoms with Gasteiger partial charge in [-0.3, -0.25) is 4.79 Å². The Balaban J connectivity index is 0.00000289. The van der Waals surface area contributed by atoms with Crippen molar-refractivity contribution >= 4 is 54.7 Å². The third-order valence-corrected chi connectivity index (χ3v) is 7.85. The van der Waals surface area contributed by atoms with Crippen LogP contribution in [0.2, 0.25) is 0 Å². The monoisotopic (exact) mass is 650 g/mol. The van der Waals surface area contributed by atoms with Crippen LogP contribution < -0.4 is 21.5 Å². The SMILES string of the molecule is O=C(C[n+]1cn(C(c2ccccc2)c2ccc3oc4ccccc4c3c2)c2ccccc21)c1ccc(Br)cc1.[Br-]. The van der Waals surface area contributed by atoms with Crippen molar-refractivity contribution in [2.24, 2.45) is 0 Å². The molecule has 7 aromatic rings. The summed E-state index contributed by atoms with van der Waals surface area (Å²) in [6, 6.07) is 40.8.